The SMILES string of the molecule is CCCCC1OC(C=O)c2cc(OCC3=NN=C[SH]3C(C)C)ccc21. The molecule has 0 saturated heterocycles. The van der Waals surface area contributed by atoms with Crippen molar-refractivity contribution in [2.75, 3.05) is 6.61 Å². The van der Waals surface area contributed by atoms with Crippen molar-refractivity contribution in [3.05, 3.63) is 29.3 Å². The maximum absolute atomic E-state index is 11.4. The Morgan fingerprint density at radius 1 is 1.36 bits per heavy atom. The van der Waals surface area contributed by atoms with Gasteiger partial charge in [0.15, 0.2) is 6.29 Å². The number of hydrogen-bond donors (Lipinski definition) is 1. The lowest BCUT2D eigenvalue weighted by molar-refractivity contribution is -0.120. The van der Waals surface area contributed by atoms with Crippen LogP contribution in [0.4, 0.5) is 0 Å². The molecule has 1 aromatic rings. The van der Waals surface area contributed by atoms with E-state index in [1.54, 1.807) is 0 Å². The first kappa shape index (κ1) is 18.1. The molecule has 0 bridgehead atoms. The van der Waals surface area contributed by atoms with Gasteiger partial charge in [-0.05, 0) is 34.9 Å². The molecule has 2 aliphatic rings. The van der Waals surface area contributed by atoms with Crippen molar-refractivity contribution in [2.45, 2.75) is 57.5 Å². The summed E-state index contributed by atoms with van der Waals surface area (Å²) in [5, 5.41) is 9.78. The number of aldehydes is 1. The molecule has 3 atom stereocenters. The molecule has 6 heteroatoms. The number of carbonyl (C=O) groups is 1. The van der Waals surface area contributed by atoms with Crippen LogP contribution >= 0.6 is 10.9 Å². The summed E-state index contributed by atoms with van der Waals surface area (Å²) in [7, 11) is -0.443. The van der Waals surface area contributed by atoms with Crippen molar-refractivity contribution >= 4 is 27.8 Å². The zero-order valence-electron chi connectivity index (χ0n) is 15.0. The van der Waals surface area contributed by atoms with Crippen molar-refractivity contribution in [1.82, 2.24) is 0 Å². The lowest BCUT2D eigenvalue weighted by Crippen LogP contribution is -2.15. The molecule has 0 N–H and O–H groups in total. The van der Waals surface area contributed by atoms with Gasteiger partial charge in [0.2, 0.25) is 0 Å². The largest absolute Gasteiger partial charge is 0.487 e. The van der Waals surface area contributed by atoms with E-state index in [-0.39, 0.29) is 6.10 Å². The molecule has 0 radical (unpaired) electrons. The van der Waals surface area contributed by atoms with Gasteiger partial charge in [0.1, 0.15) is 23.5 Å². The summed E-state index contributed by atoms with van der Waals surface area (Å²) in [5.74, 6) is 0.749. The van der Waals surface area contributed by atoms with Crippen molar-refractivity contribution < 1.29 is 14.3 Å². The van der Waals surface area contributed by atoms with Crippen LogP contribution in [0.15, 0.2) is 28.4 Å². The molecule has 3 unspecified atom stereocenters. The molecule has 2 aliphatic heterocycles. The highest BCUT2D eigenvalue weighted by molar-refractivity contribution is 8.40. The minimum Gasteiger partial charge on any atom is -0.487 e. The Labute approximate surface area is 151 Å². The van der Waals surface area contributed by atoms with Gasteiger partial charge in [0.25, 0.3) is 0 Å². The number of benzene rings is 1. The highest BCUT2D eigenvalue weighted by Crippen LogP contribution is 2.42. The van der Waals surface area contributed by atoms with E-state index in [4.69, 9.17) is 9.47 Å². The number of carbonyl (C=O) groups excluding carboxylic acids is 1. The fraction of sp³-hybridized carbons (Fsp3) is 0.526. The summed E-state index contributed by atoms with van der Waals surface area (Å²) in [6.45, 7) is 6.95. The third-order valence-electron chi connectivity index (χ3n) is 4.54. The number of fused-ring (bicyclic) bond motifs is 1. The zero-order valence-corrected chi connectivity index (χ0v) is 15.9. The van der Waals surface area contributed by atoms with Gasteiger partial charge in [-0.1, -0.05) is 39.7 Å². The molecular formula is C19H26N2O3S. The number of hydrogen-bond acceptors (Lipinski definition) is 5. The Kier molecular flexibility index (Phi) is 5.91. The third kappa shape index (κ3) is 3.96. The van der Waals surface area contributed by atoms with Crippen LogP contribution in [0.2, 0.25) is 0 Å². The van der Waals surface area contributed by atoms with Crippen molar-refractivity contribution in [3.8, 4) is 5.75 Å². The van der Waals surface area contributed by atoms with E-state index in [1.165, 1.54) is 0 Å². The molecule has 0 amide bonds. The second-order valence-electron chi connectivity index (χ2n) is 6.65. The Morgan fingerprint density at radius 3 is 2.92 bits per heavy atom. The predicted molar refractivity (Wildman–Crippen MR) is 104 cm³/mol. The predicted octanol–water partition coefficient (Wildman–Crippen LogP) is 4.33. The lowest BCUT2D eigenvalue weighted by Gasteiger charge is -2.19. The smallest absolute Gasteiger partial charge is 0.153 e. The quantitative estimate of drug-likeness (QED) is 0.553. The lowest BCUT2D eigenvalue weighted by atomic mass is 9.99. The minimum atomic E-state index is -0.486. The van der Waals surface area contributed by atoms with Gasteiger partial charge in [0, 0.05) is 0 Å². The summed E-state index contributed by atoms with van der Waals surface area (Å²) in [6, 6.07) is 5.93. The number of nitrogens with zero attached hydrogens (tertiary/aromatic N) is 2. The molecule has 3 rings (SSSR count). The fourth-order valence-electron chi connectivity index (χ4n) is 3.17. The van der Waals surface area contributed by atoms with E-state index in [2.05, 4.69) is 31.0 Å². The van der Waals surface area contributed by atoms with Gasteiger partial charge in [-0.15, -0.1) is 5.10 Å². The Bertz CT molecular complexity index is 687. The summed E-state index contributed by atoms with van der Waals surface area (Å²) < 4.78 is 11.8. The minimum absolute atomic E-state index is 0.0144. The first-order chi connectivity index (χ1) is 12.1. The van der Waals surface area contributed by atoms with Crippen LogP contribution in [-0.2, 0) is 9.53 Å². The average Bonchev–Trinajstić information content (AvgIpc) is 3.22. The molecule has 0 spiro atoms. The van der Waals surface area contributed by atoms with Crippen molar-refractivity contribution in [1.29, 1.82) is 0 Å². The van der Waals surface area contributed by atoms with Crippen LogP contribution in [0, 0.1) is 0 Å². The average molecular weight is 362 g/mol. The fourth-order valence-corrected chi connectivity index (χ4v) is 4.70. The first-order valence-corrected chi connectivity index (χ1v) is 10.4. The van der Waals surface area contributed by atoms with Gasteiger partial charge in [0.05, 0.1) is 11.7 Å². The van der Waals surface area contributed by atoms with Crippen LogP contribution < -0.4 is 4.74 Å². The third-order valence-corrected chi connectivity index (χ3v) is 6.82. The van der Waals surface area contributed by atoms with E-state index < -0.39 is 17.0 Å². The molecule has 0 aromatic heterocycles. The Balaban J connectivity index is 1.70. The van der Waals surface area contributed by atoms with E-state index in [0.717, 1.165) is 47.5 Å². The van der Waals surface area contributed by atoms with Crippen LogP contribution in [0.25, 0.3) is 0 Å². The van der Waals surface area contributed by atoms with Gasteiger partial charge in [-0.25, -0.2) is 0 Å². The van der Waals surface area contributed by atoms with Gasteiger partial charge in [-0.3, -0.25) is 0 Å². The molecule has 0 aliphatic carbocycles. The van der Waals surface area contributed by atoms with E-state index >= 15 is 0 Å². The summed E-state index contributed by atoms with van der Waals surface area (Å²) in [5.41, 5.74) is 3.99. The van der Waals surface area contributed by atoms with E-state index in [1.807, 2.05) is 23.7 Å². The van der Waals surface area contributed by atoms with E-state index in [9.17, 15) is 4.79 Å². The number of unbranched alkanes of at least 4 members (excludes halogenated alkanes) is 1. The van der Waals surface area contributed by atoms with Gasteiger partial charge < -0.3 is 14.3 Å². The number of rotatable bonds is 8. The first-order valence-electron chi connectivity index (χ1n) is 8.89. The molecule has 0 fully saturated rings. The standard InChI is InChI=1S/C19H26N2O3S/c1-4-5-6-17-15-8-7-14(9-16(15)18(10-22)24-17)23-11-19-21-20-12-25(19)13(2)3/h7-10,12-13,17-18,25H,4-6,11H2,1-3H3. The normalized spacial score (nSPS) is 25.9. The van der Waals surface area contributed by atoms with E-state index in [0.29, 0.717) is 11.9 Å². The second kappa shape index (κ2) is 8.15. The van der Waals surface area contributed by atoms with Crippen molar-refractivity contribution in [2.24, 2.45) is 10.2 Å². The molecular weight excluding hydrogens is 336 g/mol. The maximum Gasteiger partial charge on any atom is 0.153 e. The Hall–Kier alpha value is -1.66. The summed E-state index contributed by atoms with van der Waals surface area (Å²) in [6.07, 6.45) is 3.56. The molecule has 0 saturated carbocycles. The number of ether oxygens (including phenoxy) is 2. The highest BCUT2D eigenvalue weighted by Gasteiger charge is 2.31. The monoisotopic (exact) mass is 362 g/mol. The van der Waals surface area contributed by atoms with Gasteiger partial charge in [-0.2, -0.15) is 16.0 Å². The highest BCUT2D eigenvalue weighted by atomic mass is 32.2. The number of thiol groups is 1. The topological polar surface area (TPSA) is 60.2 Å². The summed E-state index contributed by atoms with van der Waals surface area (Å²) >= 11 is 0. The van der Waals surface area contributed by atoms with Crippen LogP contribution in [0.5, 0.6) is 5.75 Å². The van der Waals surface area contributed by atoms with Crippen LogP contribution in [0.1, 0.15) is 63.4 Å². The maximum atomic E-state index is 11.4. The molecule has 5 nitrogen and oxygen atoms in total. The Morgan fingerprint density at radius 2 is 2.20 bits per heavy atom. The van der Waals surface area contributed by atoms with Crippen LogP contribution in [-0.4, -0.2) is 28.7 Å². The summed E-state index contributed by atoms with van der Waals surface area (Å²) in [4.78, 5) is 11.4. The van der Waals surface area contributed by atoms with Gasteiger partial charge >= 0.3 is 0 Å². The molecule has 2 heterocycles. The zero-order chi connectivity index (χ0) is 17.8. The second-order valence-corrected chi connectivity index (χ2v) is 9.25. The van der Waals surface area contributed by atoms with Crippen LogP contribution in [0.3, 0.4) is 0 Å². The molecule has 136 valence electrons. The molecule has 25 heavy (non-hydrogen) atoms. The van der Waals surface area contributed by atoms with Crippen molar-refractivity contribution in [3.63, 3.8) is 0 Å². The molecule has 1 aromatic carbocycles.